The SMILES string of the molecule is NC(=O)c1c2ccc(-c3ccccc3)c1C2(O)c1nc(C(=O)O)cs1. The fourth-order valence-electron chi connectivity index (χ4n) is 3.23. The average Bonchev–Trinajstić information content (AvgIpc) is 3.11. The molecule has 2 aromatic carbocycles. The molecule has 1 aliphatic rings. The number of aliphatic hydroxyl groups is 1. The maximum Gasteiger partial charge on any atom is 0.355 e. The molecular weight excluding hydrogens is 340 g/mol. The molecule has 0 fully saturated rings. The van der Waals surface area contributed by atoms with Gasteiger partial charge in [0.05, 0.1) is 5.56 Å². The van der Waals surface area contributed by atoms with Crippen LogP contribution in [0.2, 0.25) is 0 Å². The molecule has 124 valence electrons. The van der Waals surface area contributed by atoms with Crippen molar-refractivity contribution in [2.24, 2.45) is 5.73 Å². The Morgan fingerprint density at radius 1 is 1.12 bits per heavy atom. The van der Waals surface area contributed by atoms with Gasteiger partial charge in [-0.1, -0.05) is 42.5 Å². The second-order valence-electron chi connectivity index (χ2n) is 5.69. The zero-order valence-corrected chi connectivity index (χ0v) is 13.6. The predicted molar refractivity (Wildman–Crippen MR) is 91.6 cm³/mol. The maximum atomic E-state index is 11.9. The number of aromatic carboxylic acids is 1. The zero-order chi connectivity index (χ0) is 17.8. The summed E-state index contributed by atoms with van der Waals surface area (Å²) in [6.07, 6.45) is 0. The van der Waals surface area contributed by atoms with E-state index >= 15 is 0 Å². The van der Waals surface area contributed by atoms with Crippen molar-refractivity contribution < 1.29 is 19.8 Å². The van der Waals surface area contributed by atoms with Crippen molar-refractivity contribution in [3.8, 4) is 11.1 Å². The maximum absolute atomic E-state index is 11.9. The molecule has 1 aliphatic carbocycles. The molecule has 0 saturated carbocycles. The number of rotatable bonds is 4. The van der Waals surface area contributed by atoms with Crippen LogP contribution in [-0.4, -0.2) is 27.1 Å². The molecule has 2 bridgehead atoms. The van der Waals surface area contributed by atoms with Gasteiger partial charge >= 0.3 is 5.97 Å². The van der Waals surface area contributed by atoms with Crippen molar-refractivity contribution in [2.45, 2.75) is 5.60 Å². The van der Waals surface area contributed by atoms with Gasteiger partial charge in [-0.05, 0) is 11.1 Å². The molecule has 6 nitrogen and oxygen atoms in total. The summed E-state index contributed by atoms with van der Waals surface area (Å²) in [5, 5.41) is 21.9. The van der Waals surface area contributed by atoms with Crippen LogP contribution in [0.1, 0.15) is 37.0 Å². The van der Waals surface area contributed by atoms with Crippen molar-refractivity contribution in [3.63, 3.8) is 0 Å². The quantitative estimate of drug-likeness (QED) is 0.666. The lowest BCUT2D eigenvalue weighted by atomic mass is 9.67. The number of nitrogens with two attached hydrogens (primary N) is 1. The number of hydrogen-bond acceptors (Lipinski definition) is 5. The van der Waals surface area contributed by atoms with Crippen molar-refractivity contribution in [1.29, 1.82) is 0 Å². The normalized spacial score (nSPS) is 17.8. The van der Waals surface area contributed by atoms with Gasteiger partial charge in [-0.2, -0.15) is 0 Å². The Labute approximate surface area is 146 Å². The highest BCUT2D eigenvalue weighted by Gasteiger charge is 2.52. The minimum atomic E-state index is -1.62. The third-order valence-corrected chi connectivity index (χ3v) is 5.27. The van der Waals surface area contributed by atoms with Crippen LogP contribution < -0.4 is 5.73 Å². The van der Waals surface area contributed by atoms with E-state index in [9.17, 15) is 14.7 Å². The van der Waals surface area contributed by atoms with E-state index in [2.05, 4.69) is 4.98 Å². The molecule has 25 heavy (non-hydrogen) atoms. The Morgan fingerprint density at radius 3 is 2.44 bits per heavy atom. The van der Waals surface area contributed by atoms with Crippen LogP contribution in [0, 0.1) is 0 Å². The summed E-state index contributed by atoms with van der Waals surface area (Å²) in [6.45, 7) is 0. The van der Waals surface area contributed by atoms with Gasteiger partial charge in [0.2, 0.25) is 5.91 Å². The summed E-state index contributed by atoms with van der Waals surface area (Å²) in [5.41, 5.74) is 6.19. The van der Waals surface area contributed by atoms with Crippen molar-refractivity contribution in [3.05, 3.63) is 75.2 Å². The van der Waals surface area contributed by atoms with Crippen molar-refractivity contribution >= 4 is 23.2 Å². The number of carboxylic acids is 1. The molecule has 0 saturated heterocycles. The largest absolute Gasteiger partial charge is 0.476 e. The van der Waals surface area contributed by atoms with E-state index in [0.29, 0.717) is 16.7 Å². The van der Waals surface area contributed by atoms with E-state index in [1.807, 2.05) is 36.4 Å². The number of nitrogens with zero attached hydrogens (tertiary/aromatic N) is 1. The zero-order valence-electron chi connectivity index (χ0n) is 12.8. The lowest BCUT2D eigenvalue weighted by Gasteiger charge is -2.41. The first-order valence-corrected chi connectivity index (χ1v) is 8.27. The Bertz CT molecular complexity index is 1030. The second kappa shape index (κ2) is 5.23. The molecular formula is C18H12N2O4S. The second-order valence-corrected chi connectivity index (χ2v) is 6.55. The van der Waals surface area contributed by atoms with Crippen LogP contribution in [0.15, 0.2) is 47.8 Å². The molecule has 0 aliphatic heterocycles. The minimum absolute atomic E-state index is 0.148. The van der Waals surface area contributed by atoms with Crippen LogP contribution in [0.3, 0.4) is 0 Å². The molecule has 1 heterocycles. The number of carbonyl (C=O) groups is 2. The van der Waals surface area contributed by atoms with E-state index in [-0.39, 0.29) is 16.3 Å². The fraction of sp³-hybridized carbons (Fsp3) is 0.0556. The molecule has 7 heteroatoms. The van der Waals surface area contributed by atoms with Crippen molar-refractivity contribution in [1.82, 2.24) is 4.98 Å². The number of carboxylic acid groups (broad SMARTS) is 1. The highest BCUT2D eigenvalue weighted by molar-refractivity contribution is 7.10. The predicted octanol–water partition coefficient (Wildman–Crippen LogP) is 2.20. The summed E-state index contributed by atoms with van der Waals surface area (Å²) in [4.78, 5) is 27.0. The first-order chi connectivity index (χ1) is 11.9. The van der Waals surface area contributed by atoms with E-state index in [4.69, 9.17) is 10.8 Å². The van der Waals surface area contributed by atoms with Gasteiger partial charge in [0, 0.05) is 16.5 Å². The molecule has 1 unspecified atom stereocenters. The summed E-state index contributed by atoms with van der Waals surface area (Å²) in [5.74, 6) is -1.81. The Hall–Kier alpha value is -3.03. The first-order valence-electron chi connectivity index (χ1n) is 7.39. The average molecular weight is 352 g/mol. The summed E-state index contributed by atoms with van der Waals surface area (Å²) in [7, 11) is 0. The minimum Gasteiger partial charge on any atom is -0.476 e. The number of aromatic nitrogens is 1. The Balaban J connectivity index is 1.94. The summed E-state index contributed by atoms with van der Waals surface area (Å²) >= 11 is 1.03. The van der Waals surface area contributed by atoms with E-state index in [1.165, 1.54) is 5.38 Å². The van der Waals surface area contributed by atoms with Crippen LogP contribution in [0.25, 0.3) is 11.1 Å². The summed E-state index contributed by atoms with van der Waals surface area (Å²) < 4.78 is 0. The number of fused-ring (bicyclic) bond motifs is 2. The highest BCUT2D eigenvalue weighted by atomic mass is 32.1. The number of carbonyl (C=O) groups excluding carboxylic acids is 1. The van der Waals surface area contributed by atoms with Gasteiger partial charge < -0.3 is 15.9 Å². The lowest BCUT2D eigenvalue weighted by Crippen LogP contribution is -2.43. The van der Waals surface area contributed by atoms with Crippen LogP contribution >= 0.6 is 11.3 Å². The van der Waals surface area contributed by atoms with Gasteiger partial charge in [0.15, 0.2) is 11.3 Å². The molecule has 1 aromatic heterocycles. The van der Waals surface area contributed by atoms with Gasteiger partial charge in [0.1, 0.15) is 5.01 Å². The van der Waals surface area contributed by atoms with Crippen LogP contribution in [-0.2, 0) is 5.60 Å². The molecule has 1 atom stereocenters. The Kier molecular flexibility index (Phi) is 3.24. The first kappa shape index (κ1) is 15.5. The molecule has 4 N–H and O–H groups in total. The topological polar surface area (TPSA) is 114 Å². The van der Waals surface area contributed by atoms with E-state index < -0.39 is 17.5 Å². The number of primary amides is 1. The summed E-state index contributed by atoms with van der Waals surface area (Å²) in [6, 6.07) is 12.7. The molecule has 0 radical (unpaired) electrons. The van der Waals surface area contributed by atoms with Crippen molar-refractivity contribution in [2.75, 3.05) is 0 Å². The molecule has 1 amide bonds. The third kappa shape index (κ3) is 2.03. The van der Waals surface area contributed by atoms with Gasteiger partial charge in [-0.3, -0.25) is 4.79 Å². The van der Waals surface area contributed by atoms with E-state index in [0.717, 1.165) is 16.9 Å². The monoisotopic (exact) mass is 352 g/mol. The lowest BCUT2D eigenvalue weighted by molar-refractivity contribution is 0.0687. The number of benzene rings is 2. The Morgan fingerprint density at radius 2 is 1.84 bits per heavy atom. The molecule has 3 aromatic rings. The number of hydrogen-bond donors (Lipinski definition) is 3. The van der Waals surface area contributed by atoms with Gasteiger partial charge in [0.25, 0.3) is 0 Å². The molecule has 4 rings (SSSR count). The van der Waals surface area contributed by atoms with Gasteiger partial charge in [-0.25, -0.2) is 9.78 Å². The van der Waals surface area contributed by atoms with Crippen LogP contribution in [0.4, 0.5) is 0 Å². The van der Waals surface area contributed by atoms with Gasteiger partial charge in [-0.15, -0.1) is 11.3 Å². The number of thiazole rings is 1. The van der Waals surface area contributed by atoms with E-state index in [1.54, 1.807) is 6.07 Å². The standard InChI is InChI=1S/C18H12N2O4S/c19-15(21)13-11-7-6-10(9-4-2-1-3-5-9)14(13)18(11,24)17-20-12(8-25-17)16(22)23/h1-8,24H,(H2,19,21)(H,22,23). The number of amides is 1. The fourth-order valence-corrected chi connectivity index (χ4v) is 4.14. The van der Waals surface area contributed by atoms with Crippen LogP contribution in [0.5, 0.6) is 0 Å². The molecule has 0 spiro atoms. The third-order valence-electron chi connectivity index (χ3n) is 4.32. The highest BCUT2D eigenvalue weighted by Crippen LogP contribution is 2.53. The smallest absolute Gasteiger partial charge is 0.355 e.